The summed E-state index contributed by atoms with van der Waals surface area (Å²) in [4.78, 5) is 35.1. The third-order valence-corrected chi connectivity index (χ3v) is 6.49. The Bertz CT molecular complexity index is 987. The lowest BCUT2D eigenvalue weighted by molar-refractivity contribution is -0.465. The van der Waals surface area contributed by atoms with Crippen molar-refractivity contribution in [2.24, 2.45) is 0 Å². The molecule has 0 aromatic heterocycles. The lowest BCUT2D eigenvalue weighted by atomic mass is 10.00. The van der Waals surface area contributed by atoms with E-state index in [0.29, 0.717) is 5.57 Å². The van der Waals surface area contributed by atoms with Gasteiger partial charge in [0.25, 0.3) is 5.06 Å². The summed E-state index contributed by atoms with van der Waals surface area (Å²) in [5, 5.41) is -0.573. The van der Waals surface area contributed by atoms with Crippen molar-refractivity contribution in [1.82, 2.24) is 0 Å². The lowest BCUT2D eigenvalue weighted by Gasteiger charge is -2.47. The van der Waals surface area contributed by atoms with Gasteiger partial charge in [0.15, 0.2) is 11.9 Å². The van der Waals surface area contributed by atoms with Crippen molar-refractivity contribution in [2.45, 2.75) is 50.7 Å². The van der Waals surface area contributed by atoms with Crippen molar-refractivity contribution in [3.63, 3.8) is 0 Å². The first kappa shape index (κ1) is 25.6. The van der Waals surface area contributed by atoms with E-state index in [1.807, 2.05) is 89.1 Å². The third kappa shape index (κ3) is 4.88. The summed E-state index contributed by atoms with van der Waals surface area (Å²) in [5.41, 5.74) is 3.58. The SMILES string of the molecule is C=O.CC.CCN1c2ccccc2SC12OOC2/C=C/C=C(\C)C(=O)c1ccccc1C. The monoisotopic (exact) mass is 453 g/mol. The van der Waals surface area contributed by atoms with Crippen LogP contribution in [0.3, 0.4) is 0 Å². The molecule has 1 saturated heterocycles. The molecule has 6 heteroatoms. The molecule has 0 N–H and O–H groups in total. The molecule has 1 spiro atoms. The number of rotatable bonds is 5. The number of hydrogen-bond acceptors (Lipinski definition) is 6. The van der Waals surface area contributed by atoms with Gasteiger partial charge in [0, 0.05) is 17.0 Å². The number of carbonyl (C=O) groups is 2. The molecule has 0 bridgehead atoms. The Labute approximate surface area is 195 Å². The van der Waals surface area contributed by atoms with Crippen LogP contribution in [0.5, 0.6) is 0 Å². The van der Waals surface area contributed by atoms with E-state index < -0.39 is 5.06 Å². The number of aryl methyl sites for hydroxylation is 1. The number of para-hydroxylation sites is 1. The molecule has 2 unspecified atom stereocenters. The number of nitrogens with zero attached hydrogens (tertiary/aromatic N) is 1. The highest BCUT2D eigenvalue weighted by Crippen LogP contribution is 2.57. The van der Waals surface area contributed by atoms with Crippen molar-refractivity contribution in [3.8, 4) is 0 Å². The van der Waals surface area contributed by atoms with Gasteiger partial charge < -0.3 is 9.69 Å². The molecule has 2 aromatic rings. The fraction of sp³-hybridized carbons (Fsp3) is 0.308. The van der Waals surface area contributed by atoms with E-state index in [1.165, 1.54) is 4.90 Å². The first-order valence-corrected chi connectivity index (χ1v) is 11.5. The van der Waals surface area contributed by atoms with Crippen molar-refractivity contribution in [2.75, 3.05) is 11.4 Å². The van der Waals surface area contributed by atoms with Crippen LogP contribution in [0.15, 0.2) is 77.2 Å². The third-order valence-electron chi connectivity index (χ3n) is 5.12. The first-order valence-electron chi connectivity index (χ1n) is 10.7. The van der Waals surface area contributed by atoms with Gasteiger partial charge in [0.05, 0.1) is 5.69 Å². The van der Waals surface area contributed by atoms with Crippen molar-refractivity contribution < 1.29 is 19.4 Å². The van der Waals surface area contributed by atoms with Crippen LogP contribution < -0.4 is 4.90 Å². The number of allylic oxidation sites excluding steroid dienone is 3. The highest BCUT2D eigenvalue weighted by atomic mass is 32.2. The molecule has 32 heavy (non-hydrogen) atoms. The van der Waals surface area contributed by atoms with Gasteiger partial charge in [-0.25, -0.2) is 4.89 Å². The number of carbonyl (C=O) groups excluding carboxylic acids is 2. The Morgan fingerprint density at radius 3 is 2.44 bits per heavy atom. The second-order valence-corrected chi connectivity index (χ2v) is 8.15. The topological polar surface area (TPSA) is 55.8 Å². The smallest absolute Gasteiger partial charge is 0.260 e. The van der Waals surface area contributed by atoms with Crippen LogP contribution in [0, 0.1) is 6.92 Å². The van der Waals surface area contributed by atoms with Crippen LogP contribution in [0.2, 0.25) is 0 Å². The highest BCUT2D eigenvalue weighted by Gasteiger charge is 2.59. The molecule has 0 radical (unpaired) electrons. The molecule has 1 fully saturated rings. The van der Waals surface area contributed by atoms with Gasteiger partial charge in [-0.1, -0.05) is 74.2 Å². The fourth-order valence-corrected chi connectivity index (χ4v) is 4.96. The zero-order valence-electron chi connectivity index (χ0n) is 19.3. The van der Waals surface area contributed by atoms with Crippen LogP contribution in [0.1, 0.15) is 43.6 Å². The molecule has 0 aliphatic carbocycles. The van der Waals surface area contributed by atoms with E-state index in [1.54, 1.807) is 11.8 Å². The summed E-state index contributed by atoms with van der Waals surface area (Å²) >= 11 is 1.67. The summed E-state index contributed by atoms with van der Waals surface area (Å²) < 4.78 is 0. The van der Waals surface area contributed by atoms with E-state index in [2.05, 4.69) is 24.0 Å². The molecule has 2 aromatic carbocycles. The fourth-order valence-electron chi connectivity index (χ4n) is 3.57. The molecule has 2 aliphatic heterocycles. The molecule has 2 atom stereocenters. The molecule has 4 rings (SSSR count). The average molecular weight is 454 g/mol. The summed E-state index contributed by atoms with van der Waals surface area (Å²) in [5.74, 6) is 0.0427. The molecule has 0 amide bonds. The van der Waals surface area contributed by atoms with Gasteiger partial charge >= 0.3 is 0 Å². The molecular weight excluding hydrogens is 422 g/mol. The summed E-state index contributed by atoms with van der Waals surface area (Å²) in [6.07, 6.45) is 5.47. The predicted molar refractivity (Wildman–Crippen MR) is 131 cm³/mol. The van der Waals surface area contributed by atoms with E-state index >= 15 is 0 Å². The number of likely N-dealkylation sites (N-methyl/N-ethyl adjacent to an activating group) is 1. The van der Waals surface area contributed by atoms with Gasteiger partial charge in [-0.15, -0.1) is 0 Å². The number of hydrogen-bond donors (Lipinski definition) is 0. The number of benzene rings is 2. The van der Waals surface area contributed by atoms with Gasteiger partial charge in [0.1, 0.15) is 6.79 Å². The minimum atomic E-state index is -0.573. The number of fused-ring (bicyclic) bond motifs is 1. The van der Waals surface area contributed by atoms with Gasteiger partial charge in [-0.3, -0.25) is 4.79 Å². The molecule has 0 saturated carbocycles. The Kier molecular flexibility index (Phi) is 9.44. The van der Waals surface area contributed by atoms with Crippen molar-refractivity contribution >= 4 is 30.0 Å². The minimum Gasteiger partial charge on any atom is -0.329 e. The van der Waals surface area contributed by atoms with E-state index in [9.17, 15) is 4.79 Å². The quantitative estimate of drug-likeness (QED) is 0.235. The molecule has 5 nitrogen and oxygen atoms in total. The Morgan fingerprint density at radius 2 is 1.81 bits per heavy atom. The van der Waals surface area contributed by atoms with Crippen molar-refractivity contribution in [1.29, 1.82) is 0 Å². The Balaban J connectivity index is 0.000000860. The molecule has 2 aliphatic rings. The normalized spacial score (nSPS) is 21.2. The van der Waals surface area contributed by atoms with Gasteiger partial charge in [-0.05, 0) is 50.1 Å². The maximum Gasteiger partial charge on any atom is 0.260 e. The predicted octanol–water partition coefficient (Wildman–Crippen LogP) is 6.14. The number of thioether (sulfide) groups is 1. The first-order chi connectivity index (χ1) is 15.6. The summed E-state index contributed by atoms with van der Waals surface area (Å²) in [6.45, 7) is 12.7. The number of anilines is 1. The molecule has 2 heterocycles. The van der Waals surface area contributed by atoms with Crippen LogP contribution in [-0.2, 0) is 14.6 Å². The lowest BCUT2D eigenvalue weighted by Crippen LogP contribution is -2.62. The Hall–Kier alpha value is -2.67. The van der Waals surface area contributed by atoms with E-state index in [0.717, 1.165) is 23.4 Å². The average Bonchev–Trinajstić information content (AvgIpc) is 3.20. The maximum absolute atomic E-state index is 12.7. The van der Waals surface area contributed by atoms with E-state index in [4.69, 9.17) is 14.6 Å². The van der Waals surface area contributed by atoms with Crippen molar-refractivity contribution in [3.05, 3.63) is 83.5 Å². The van der Waals surface area contributed by atoms with Crippen LogP contribution in [-0.4, -0.2) is 30.3 Å². The number of Topliss-reactive ketones (excluding diaryl/α,β-unsaturated/α-hetero) is 1. The summed E-state index contributed by atoms with van der Waals surface area (Å²) in [6, 6.07) is 15.9. The van der Waals surface area contributed by atoms with Gasteiger partial charge in [0.2, 0.25) is 0 Å². The second kappa shape index (κ2) is 11.8. The van der Waals surface area contributed by atoms with Crippen LogP contribution in [0.4, 0.5) is 5.69 Å². The summed E-state index contributed by atoms with van der Waals surface area (Å²) in [7, 11) is 0. The largest absolute Gasteiger partial charge is 0.329 e. The highest BCUT2D eigenvalue weighted by molar-refractivity contribution is 8.01. The maximum atomic E-state index is 12.7. The van der Waals surface area contributed by atoms with Crippen LogP contribution >= 0.6 is 11.8 Å². The zero-order chi connectivity index (χ0) is 23.7. The standard InChI is InChI=1S/C23H23NO3S.C2H6.CH2O/c1-4-24-19-13-7-8-14-20(19)28-23(24)21(26-27-23)15-9-11-17(3)22(25)18-12-6-5-10-16(18)2;2*1-2/h5-15,21H,4H2,1-3H3;1-2H3;1H2/b15-9+,17-11+;;. The Morgan fingerprint density at radius 1 is 1.16 bits per heavy atom. The minimum absolute atomic E-state index is 0.0427. The molecular formula is C26H31NO4S. The van der Waals surface area contributed by atoms with Crippen LogP contribution in [0.25, 0.3) is 0 Å². The zero-order valence-corrected chi connectivity index (χ0v) is 20.1. The second-order valence-electron chi connectivity index (χ2n) is 6.92. The number of ketones is 1. The van der Waals surface area contributed by atoms with Gasteiger partial charge in [-0.2, -0.15) is 4.89 Å². The van der Waals surface area contributed by atoms with E-state index in [-0.39, 0.29) is 11.9 Å². The molecule has 170 valence electrons.